The number of fused-ring (bicyclic) bond motifs is 1. The maximum absolute atomic E-state index is 13.6. The zero-order valence-electron chi connectivity index (χ0n) is 17.1. The third kappa shape index (κ3) is 4.51. The molecule has 1 amide bonds. The van der Waals surface area contributed by atoms with Crippen LogP contribution >= 0.6 is 0 Å². The molecule has 0 bridgehead atoms. The van der Waals surface area contributed by atoms with Gasteiger partial charge in [-0.2, -0.15) is 0 Å². The van der Waals surface area contributed by atoms with Gasteiger partial charge in [-0.05, 0) is 30.5 Å². The number of nitrogens with zero attached hydrogens (tertiary/aromatic N) is 3. The highest BCUT2D eigenvalue weighted by Gasteiger charge is 2.26. The van der Waals surface area contributed by atoms with Crippen molar-refractivity contribution in [2.45, 2.75) is 57.8 Å². The number of hydrogen-bond acceptors (Lipinski definition) is 3. The second-order valence-electron chi connectivity index (χ2n) is 7.83. The van der Waals surface area contributed by atoms with Crippen molar-refractivity contribution in [2.24, 2.45) is 0 Å². The van der Waals surface area contributed by atoms with Crippen LogP contribution in [0, 0.1) is 0 Å². The van der Waals surface area contributed by atoms with E-state index in [9.17, 15) is 4.79 Å². The molecule has 0 N–H and O–H groups in total. The number of hydrogen-bond donors (Lipinski definition) is 0. The average Bonchev–Trinajstić information content (AvgIpc) is 3.11. The van der Waals surface area contributed by atoms with Crippen LogP contribution in [0.5, 0.6) is 0 Å². The van der Waals surface area contributed by atoms with Gasteiger partial charge in [0.2, 0.25) is 5.91 Å². The molecule has 1 heterocycles. The van der Waals surface area contributed by atoms with Gasteiger partial charge in [0.15, 0.2) is 0 Å². The van der Waals surface area contributed by atoms with Gasteiger partial charge in [0.05, 0.1) is 11.0 Å². The Kier molecular flexibility index (Phi) is 6.25. The van der Waals surface area contributed by atoms with E-state index < -0.39 is 0 Å². The second-order valence-corrected chi connectivity index (χ2v) is 7.83. The minimum Gasteiger partial charge on any atom is -0.377 e. The van der Waals surface area contributed by atoms with Gasteiger partial charge in [-0.3, -0.25) is 4.79 Å². The minimum atomic E-state index is 0.154. The summed E-state index contributed by atoms with van der Waals surface area (Å²) in [5, 5.41) is 0. The number of carbonyl (C=O) groups excluding carboxylic acids is 1. The lowest BCUT2D eigenvalue weighted by Gasteiger charge is -2.35. The summed E-state index contributed by atoms with van der Waals surface area (Å²) in [6, 6.07) is 18.6. The Labute approximate surface area is 172 Å². The summed E-state index contributed by atoms with van der Waals surface area (Å²) in [4.78, 5) is 20.3. The summed E-state index contributed by atoms with van der Waals surface area (Å²) in [6.45, 7) is 1.35. The third-order valence-electron chi connectivity index (χ3n) is 5.83. The fraction of sp³-hybridized carbons (Fsp3) is 0.417. The standard InChI is InChI=1S/C24H29N3O2/c1-29-18-23-25-21-14-8-9-15-22(21)27(23)17-24(28)26(20-12-6-3-7-13-20)16-19-10-4-2-5-11-19/h2,4-5,8-11,14-15,20H,3,6-7,12-13,16-18H2,1H3. The van der Waals surface area contributed by atoms with Crippen LogP contribution in [0.1, 0.15) is 43.5 Å². The van der Waals surface area contributed by atoms with E-state index in [1.54, 1.807) is 7.11 Å². The van der Waals surface area contributed by atoms with Gasteiger partial charge < -0.3 is 14.2 Å². The molecule has 0 atom stereocenters. The summed E-state index contributed by atoms with van der Waals surface area (Å²) in [6.07, 6.45) is 5.86. The quantitative estimate of drug-likeness (QED) is 0.594. The van der Waals surface area contributed by atoms with Crippen LogP contribution in [0.4, 0.5) is 0 Å². The van der Waals surface area contributed by atoms with Crippen LogP contribution < -0.4 is 0 Å². The van der Waals surface area contributed by atoms with Crippen molar-refractivity contribution in [3.63, 3.8) is 0 Å². The van der Waals surface area contributed by atoms with Gasteiger partial charge in [0.25, 0.3) is 0 Å². The number of benzene rings is 2. The van der Waals surface area contributed by atoms with E-state index in [2.05, 4.69) is 22.0 Å². The Hall–Kier alpha value is -2.66. The van der Waals surface area contributed by atoms with E-state index in [-0.39, 0.29) is 5.91 Å². The molecule has 0 aliphatic heterocycles. The molecular weight excluding hydrogens is 362 g/mol. The first kappa shape index (κ1) is 19.6. The molecule has 1 fully saturated rings. The molecule has 0 unspecified atom stereocenters. The van der Waals surface area contributed by atoms with Gasteiger partial charge in [-0.1, -0.05) is 61.7 Å². The van der Waals surface area contributed by atoms with Crippen molar-refractivity contribution in [1.29, 1.82) is 0 Å². The third-order valence-corrected chi connectivity index (χ3v) is 5.83. The van der Waals surface area contributed by atoms with Crippen LogP contribution in [-0.4, -0.2) is 33.5 Å². The number of aromatic nitrogens is 2. The van der Waals surface area contributed by atoms with E-state index in [1.807, 2.05) is 47.0 Å². The fourth-order valence-electron chi connectivity index (χ4n) is 4.36. The van der Waals surface area contributed by atoms with Crippen molar-refractivity contribution in [3.8, 4) is 0 Å². The molecule has 152 valence electrons. The lowest BCUT2D eigenvalue weighted by Crippen LogP contribution is -2.42. The van der Waals surface area contributed by atoms with Crippen LogP contribution in [0.3, 0.4) is 0 Å². The molecule has 1 aliphatic carbocycles. The number of carbonyl (C=O) groups is 1. The van der Waals surface area contributed by atoms with Crippen LogP contribution in [0.25, 0.3) is 11.0 Å². The molecule has 5 heteroatoms. The Balaban J connectivity index is 1.62. The summed E-state index contributed by atoms with van der Waals surface area (Å²) in [5.74, 6) is 0.951. The first-order valence-corrected chi connectivity index (χ1v) is 10.5. The lowest BCUT2D eigenvalue weighted by molar-refractivity contribution is -0.135. The van der Waals surface area contributed by atoms with Crippen LogP contribution in [0.15, 0.2) is 54.6 Å². The molecule has 3 aromatic rings. The Morgan fingerprint density at radius 3 is 2.55 bits per heavy atom. The van der Waals surface area contributed by atoms with Gasteiger partial charge in [0, 0.05) is 19.7 Å². The average molecular weight is 392 g/mol. The number of ether oxygens (including phenoxy) is 1. The zero-order chi connectivity index (χ0) is 20.1. The largest absolute Gasteiger partial charge is 0.377 e. The predicted molar refractivity (Wildman–Crippen MR) is 114 cm³/mol. The van der Waals surface area contributed by atoms with Crippen molar-refractivity contribution in [1.82, 2.24) is 14.5 Å². The summed E-state index contributed by atoms with van der Waals surface area (Å²) in [7, 11) is 1.66. The topological polar surface area (TPSA) is 47.4 Å². The zero-order valence-corrected chi connectivity index (χ0v) is 17.1. The lowest BCUT2D eigenvalue weighted by atomic mass is 9.93. The number of imidazole rings is 1. The Bertz CT molecular complexity index is 945. The van der Waals surface area contributed by atoms with Crippen molar-refractivity contribution in [2.75, 3.05) is 7.11 Å². The first-order chi connectivity index (χ1) is 14.3. The molecular formula is C24H29N3O2. The monoisotopic (exact) mass is 391 g/mol. The van der Waals surface area contributed by atoms with E-state index in [4.69, 9.17) is 4.74 Å². The molecule has 0 saturated heterocycles. The van der Waals surface area contributed by atoms with Gasteiger partial charge >= 0.3 is 0 Å². The summed E-state index contributed by atoms with van der Waals surface area (Å²) >= 11 is 0. The molecule has 2 aromatic carbocycles. The molecule has 5 nitrogen and oxygen atoms in total. The van der Waals surface area contributed by atoms with E-state index in [0.29, 0.717) is 25.7 Å². The molecule has 1 saturated carbocycles. The Morgan fingerprint density at radius 1 is 1.07 bits per heavy atom. The fourth-order valence-corrected chi connectivity index (χ4v) is 4.36. The van der Waals surface area contributed by atoms with Crippen LogP contribution in [-0.2, 0) is 29.2 Å². The SMILES string of the molecule is COCc1nc2ccccc2n1CC(=O)N(Cc1ccccc1)C1CCCCC1. The van der Waals surface area contributed by atoms with Gasteiger partial charge in [-0.15, -0.1) is 0 Å². The van der Waals surface area contributed by atoms with Crippen molar-refractivity contribution >= 4 is 16.9 Å². The molecule has 1 aromatic heterocycles. The highest BCUT2D eigenvalue weighted by atomic mass is 16.5. The number of amides is 1. The first-order valence-electron chi connectivity index (χ1n) is 10.5. The number of para-hydroxylation sites is 2. The molecule has 0 spiro atoms. The van der Waals surface area contributed by atoms with E-state index in [1.165, 1.54) is 24.8 Å². The van der Waals surface area contributed by atoms with Gasteiger partial charge in [-0.25, -0.2) is 4.98 Å². The predicted octanol–water partition coefficient (Wildman–Crippen LogP) is 4.54. The molecule has 1 aliphatic rings. The van der Waals surface area contributed by atoms with E-state index in [0.717, 1.165) is 29.7 Å². The maximum atomic E-state index is 13.6. The molecule has 0 radical (unpaired) electrons. The molecule has 4 rings (SSSR count). The van der Waals surface area contributed by atoms with E-state index >= 15 is 0 Å². The highest BCUT2D eigenvalue weighted by molar-refractivity contribution is 5.81. The minimum absolute atomic E-state index is 0.154. The van der Waals surface area contributed by atoms with Gasteiger partial charge in [0.1, 0.15) is 19.0 Å². The number of rotatable bonds is 7. The molecule has 29 heavy (non-hydrogen) atoms. The smallest absolute Gasteiger partial charge is 0.243 e. The second kappa shape index (κ2) is 9.23. The van der Waals surface area contributed by atoms with Crippen molar-refractivity contribution < 1.29 is 9.53 Å². The Morgan fingerprint density at radius 2 is 1.79 bits per heavy atom. The van der Waals surface area contributed by atoms with Crippen LogP contribution in [0.2, 0.25) is 0 Å². The van der Waals surface area contributed by atoms with Crippen molar-refractivity contribution in [3.05, 3.63) is 66.0 Å². The summed E-state index contributed by atoms with van der Waals surface area (Å²) < 4.78 is 7.36. The summed E-state index contributed by atoms with van der Waals surface area (Å²) in [5.41, 5.74) is 3.06. The normalized spacial score (nSPS) is 14.9. The maximum Gasteiger partial charge on any atom is 0.243 e. The highest BCUT2D eigenvalue weighted by Crippen LogP contribution is 2.25. The number of methoxy groups -OCH3 is 1.